The molecular formula is C28H30Cl2FN3O4S. The summed E-state index contributed by atoms with van der Waals surface area (Å²) >= 11 is 12.1. The average Bonchev–Trinajstić information content (AvgIpc) is 2.87. The summed E-state index contributed by atoms with van der Waals surface area (Å²) in [6.07, 6.45) is 1.15. The van der Waals surface area contributed by atoms with E-state index in [9.17, 15) is 22.4 Å². The van der Waals surface area contributed by atoms with Crippen molar-refractivity contribution in [1.29, 1.82) is 0 Å². The molecule has 0 aliphatic heterocycles. The predicted octanol–water partition coefficient (Wildman–Crippen LogP) is 5.06. The molecule has 0 spiro atoms. The van der Waals surface area contributed by atoms with Crippen molar-refractivity contribution in [1.82, 2.24) is 10.2 Å². The standard InChI is InChI=1S/C28H30Cl2FN3O4S/c1-19(2)32-28(36)26(15-20-7-5-4-6-8-20)33(17-21-9-11-22(31)12-10-21)27(35)18-34(39(3,37)38)23-13-14-24(29)25(30)16-23/h4-14,16,19,26H,15,17-18H2,1-3H3,(H,32,36)/t26-/m1/s1. The Balaban J connectivity index is 2.06. The Kier molecular flexibility index (Phi) is 10.4. The molecule has 3 aromatic carbocycles. The van der Waals surface area contributed by atoms with E-state index in [1.807, 2.05) is 30.3 Å². The third-order valence-electron chi connectivity index (χ3n) is 5.84. The van der Waals surface area contributed by atoms with Gasteiger partial charge >= 0.3 is 0 Å². The van der Waals surface area contributed by atoms with Crippen molar-refractivity contribution >= 4 is 50.7 Å². The van der Waals surface area contributed by atoms with E-state index in [2.05, 4.69) is 5.32 Å². The maximum absolute atomic E-state index is 13.9. The van der Waals surface area contributed by atoms with Gasteiger partial charge in [-0.1, -0.05) is 65.7 Å². The molecule has 1 N–H and O–H groups in total. The van der Waals surface area contributed by atoms with E-state index in [0.29, 0.717) is 5.56 Å². The number of amides is 2. The van der Waals surface area contributed by atoms with Gasteiger partial charge in [0.2, 0.25) is 21.8 Å². The van der Waals surface area contributed by atoms with Crippen molar-refractivity contribution < 1.29 is 22.4 Å². The van der Waals surface area contributed by atoms with Gasteiger partial charge in [-0.05, 0) is 55.3 Å². The molecular weight excluding hydrogens is 564 g/mol. The number of halogens is 3. The number of anilines is 1. The van der Waals surface area contributed by atoms with Gasteiger partial charge in [-0.25, -0.2) is 12.8 Å². The van der Waals surface area contributed by atoms with Gasteiger partial charge in [-0.15, -0.1) is 0 Å². The first kappa shape index (κ1) is 30.4. The molecule has 39 heavy (non-hydrogen) atoms. The summed E-state index contributed by atoms with van der Waals surface area (Å²) in [5, 5.41) is 3.22. The lowest BCUT2D eigenvalue weighted by Crippen LogP contribution is -2.54. The molecule has 0 saturated heterocycles. The number of hydrogen-bond acceptors (Lipinski definition) is 4. The summed E-state index contributed by atoms with van der Waals surface area (Å²) < 4.78 is 40.1. The van der Waals surface area contributed by atoms with E-state index >= 15 is 0 Å². The highest BCUT2D eigenvalue weighted by Crippen LogP contribution is 2.29. The number of nitrogens with zero attached hydrogens (tertiary/aromatic N) is 2. The van der Waals surface area contributed by atoms with Crippen LogP contribution in [0.3, 0.4) is 0 Å². The molecule has 2 amide bonds. The smallest absolute Gasteiger partial charge is 0.244 e. The summed E-state index contributed by atoms with van der Waals surface area (Å²) in [4.78, 5) is 28.7. The summed E-state index contributed by atoms with van der Waals surface area (Å²) in [6, 6.07) is 17.8. The average molecular weight is 595 g/mol. The van der Waals surface area contributed by atoms with Crippen LogP contribution < -0.4 is 9.62 Å². The number of nitrogens with one attached hydrogen (secondary N) is 1. The second-order valence-corrected chi connectivity index (χ2v) is 12.1. The molecule has 0 heterocycles. The zero-order chi connectivity index (χ0) is 28.7. The third-order valence-corrected chi connectivity index (χ3v) is 7.72. The maximum Gasteiger partial charge on any atom is 0.244 e. The van der Waals surface area contributed by atoms with Crippen LogP contribution >= 0.6 is 23.2 Å². The van der Waals surface area contributed by atoms with E-state index in [1.165, 1.54) is 47.4 Å². The molecule has 3 aromatic rings. The number of carbonyl (C=O) groups excluding carboxylic acids is 2. The Morgan fingerprint density at radius 3 is 2.13 bits per heavy atom. The Hall–Kier alpha value is -3.14. The van der Waals surface area contributed by atoms with Gasteiger partial charge < -0.3 is 10.2 Å². The first-order chi connectivity index (χ1) is 18.3. The molecule has 7 nitrogen and oxygen atoms in total. The Morgan fingerprint density at radius 1 is 0.923 bits per heavy atom. The van der Waals surface area contributed by atoms with Gasteiger partial charge in [-0.3, -0.25) is 13.9 Å². The lowest BCUT2D eigenvalue weighted by Gasteiger charge is -2.34. The molecule has 11 heteroatoms. The maximum atomic E-state index is 13.9. The van der Waals surface area contributed by atoms with Crippen LogP contribution in [0, 0.1) is 5.82 Å². The quantitative estimate of drug-likeness (QED) is 0.336. The van der Waals surface area contributed by atoms with Gasteiger partial charge in [0, 0.05) is 19.0 Å². The highest BCUT2D eigenvalue weighted by atomic mass is 35.5. The van der Waals surface area contributed by atoms with Crippen LogP contribution in [0.5, 0.6) is 0 Å². The number of carbonyl (C=O) groups is 2. The predicted molar refractivity (Wildman–Crippen MR) is 153 cm³/mol. The third kappa shape index (κ3) is 8.68. The van der Waals surface area contributed by atoms with Gasteiger partial charge in [0.15, 0.2) is 0 Å². The van der Waals surface area contributed by atoms with Gasteiger partial charge in [-0.2, -0.15) is 0 Å². The van der Waals surface area contributed by atoms with E-state index in [4.69, 9.17) is 23.2 Å². The molecule has 0 saturated carbocycles. The summed E-state index contributed by atoms with van der Waals surface area (Å²) in [7, 11) is -3.94. The van der Waals surface area contributed by atoms with Crippen LogP contribution in [0.25, 0.3) is 0 Å². The fourth-order valence-electron chi connectivity index (χ4n) is 3.98. The molecule has 3 rings (SSSR count). The van der Waals surface area contributed by atoms with Crippen molar-refractivity contribution in [2.24, 2.45) is 0 Å². The highest BCUT2D eigenvalue weighted by Gasteiger charge is 2.33. The topological polar surface area (TPSA) is 86.8 Å². The van der Waals surface area contributed by atoms with E-state index in [0.717, 1.165) is 16.1 Å². The molecule has 0 aliphatic rings. The SMILES string of the molecule is CC(C)NC(=O)[C@@H](Cc1ccccc1)N(Cc1ccc(F)cc1)C(=O)CN(c1ccc(Cl)c(Cl)c1)S(C)(=O)=O. The molecule has 1 atom stereocenters. The first-order valence-corrected chi connectivity index (χ1v) is 14.8. The summed E-state index contributed by atoms with van der Waals surface area (Å²) in [6.45, 7) is 2.96. The fourth-order valence-corrected chi connectivity index (χ4v) is 5.11. The summed E-state index contributed by atoms with van der Waals surface area (Å²) in [5.41, 5.74) is 1.52. The number of rotatable bonds is 11. The molecule has 0 aliphatic carbocycles. The minimum atomic E-state index is -3.94. The zero-order valence-corrected chi connectivity index (χ0v) is 24.1. The van der Waals surface area contributed by atoms with Crippen LogP contribution in [0.1, 0.15) is 25.0 Å². The largest absolute Gasteiger partial charge is 0.352 e. The Morgan fingerprint density at radius 2 is 1.56 bits per heavy atom. The van der Waals surface area contributed by atoms with Crippen molar-refractivity contribution in [3.05, 3.63) is 99.8 Å². The molecule has 0 radical (unpaired) electrons. The van der Waals surface area contributed by atoms with Crippen molar-refractivity contribution in [3.63, 3.8) is 0 Å². The Bertz CT molecular complexity index is 1400. The van der Waals surface area contributed by atoms with Crippen molar-refractivity contribution in [3.8, 4) is 0 Å². The molecule has 0 fully saturated rings. The van der Waals surface area contributed by atoms with Crippen molar-refractivity contribution in [2.75, 3.05) is 17.1 Å². The molecule has 208 valence electrons. The van der Waals surface area contributed by atoms with Gasteiger partial charge in [0.25, 0.3) is 0 Å². The van der Waals surface area contributed by atoms with E-state index in [-0.39, 0.29) is 34.7 Å². The highest BCUT2D eigenvalue weighted by molar-refractivity contribution is 7.92. The van der Waals surface area contributed by atoms with E-state index < -0.39 is 40.2 Å². The first-order valence-electron chi connectivity index (χ1n) is 12.2. The van der Waals surface area contributed by atoms with Crippen LogP contribution in [-0.4, -0.2) is 50.0 Å². The van der Waals surface area contributed by atoms with Crippen LogP contribution in [0.2, 0.25) is 10.0 Å². The van der Waals surface area contributed by atoms with Crippen LogP contribution in [0.15, 0.2) is 72.8 Å². The summed E-state index contributed by atoms with van der Waals surface area (Å²) in [5.74, 6) is -1.47. The minimum absolute atomic E-state index is 0.0545. The van der Waals surface area contributed by atoms with Crippen LogP contribution in [-0.2, 0) is 32.6 Å². The van der Waals surface area contributed by atoms with Crippen LogP contribution in [0.4, 0.5) is 10.1 Å². The second kappa shape index (κ2) is 13.3. The number of sulfonamides is 1. The normalized spacial score (nSPS) is 12.2. The van der Waals surface area contributed by atoms with E-state index in [1.54, 1.807) is 13.8 Å². The number of hydrogen-bond donors (Lipinski definition) is 1. The number of benzene rings is 3. The lowest BCUT2D eigenvalue weighted by atomic mass is 10.0. The molecule has 0 unspecified atom stereocenters. The monoisotopic (exact) mass is 593 g/mol. The second-order valence-electron chi connectivity index (χ2n) is 9.38. The zero-order valence-electron chi connectivity index (χ0n) is 21.8. The van der Waals surface area contributed by atoms with Crippen molar-refractivity contribution in [2.45, 2.75) is 38.9 Å². The lowest BCUT2D eigenvalue weighted by molar-refractivity contribution is -0.140. The van der Waals surface area contributed by atoms with Gasteiger partial charge in [0.05, 0.1) is 22.0 Å². The molecule has 0 bridgehead atoms. The Labute approximate surface area is 238 Å². The minimum Gasteiger partial charge on any atom is -0.352 e. The fraction of sp³-hybridized carbons (Fsp3) is 0.286. The van der Waals surface area contributed by atoms with Gasteiger partial charge in [0.1, 0.15) is 18.4 Å². The molecule has 0 aromatic heterocycles.